The Balaban J connectivity index is 1.43. The van der Waals surface area contributed by atoms with Crippen LogP contribution in [0, 0.1) is 11.8 Å². The number of rotatable bonds is 7. The Bertz CT molecular complexity index is 876. The summed E-state index contributed by atoms with van der Waals surface area (Å²) in [6.07, 6.45) is 9.02. The molecule has 2 amide bonds. The van der Waals surface area contributed by atoms with E-state index in [1.54, 1.807) is 7.05 Å². The van der Waals surface area contributed by atoms with Crippen molar-refractivity contribution >= 4 is 11.8 Å². The van der Waals surface area contributed by atoms with Crippen LogP contribution in [0.4, 0.5) is 0 Å². The molecule has 0 aliphatic heterocycles. The largest absolute Gasteiger partial charge is 0.359 e. The summed E-state index contributed by atoms with van der Waals surface area (Å²) in [5.41, 5.74) is 0.881. The van der Waals surface area contributed by atoms with E-state index in [9.17, 15) is 9.59 Å². The van der Waals surface area contributed by atoms with Crippen molar-refractivity contribution in [3.63, 3.8) is 0 Å². The van der Waals surface area contributed by atoms with E-state index in [0.29, 0.717) is 36.9 Å². The van der Waals surface area contributed by atoms with Gasteiger partial charge in [0, 0.05) is 31.0 Å². The molecule has 7 nitrogen and oxygen atoms in total. The smallest absolute Gasteiger partial charge is 0.232 e. The van der Waals surface area contributed by atoms with Crippen molar-refractivity contribution in [2.24, 2.45) is 11.8 Å². The zero-order valence-corrected chi connectivity index (χ0v) is 18.2. The number of hydrogen-bond acceptors (Lipinski definition) is 5. The van der Waals surface area contributed by atoms with Gasteiger partial charge in [0.2, 0.25) is 23.5 Å². The monoisotopic (exact) mass is 424 g/mol. The highest BCUT2D eigenvalue weighted by molar-refractivity contribution is 5.80. The summed E-state index contributed by atoms with van der Waals surface area (Å²) in [4.78, 5) is 29.6. The van der Waals surface area contributed by atoms with Crippen LogP contribution in [-0.2, 0) is 9.59 Å². The molecule has 1 aromatic heterocycles. The van der Waals surface area contributed by atoms with Crippen LogP contribution in [0.15, 0.2) is 34.9 Å². The van der Waals surface area contributed by atoms with Crippen LogP contribution < -0.4 is 10.6 Å². The second-order valence-corrected chi connectivity index (χ2v) is 8.93. The summed E-state index contributed by atoms with van der Waals surface area (Å²) >= 11 is 0. The first-order chi connectivity index (χ1) is 15.1. The molecule has 2 aliphatic rings. The zero-order valence-electron chi connectivity index (χ0n) is 18.2. The van der Waals surface area contributed by atoms with Crippen molar-refractivity contribution < 1.29 is 14.1 Å². The summed E-state index contributed by atoms with van der Waals surface area (Å²) in [5, 5.41) is 10.0. The van der Waals surface area contributed by atoms with Crippen LogP contribution in [0.5, 0.6) is 0 Å². The fourth-order valence-corrected chi connectivity index (χ4v) is 5.07. The van der Waals surface area contributed by atoms with Crippen LogP contribution in [-0.4, -0.2) is 35.0 Å². The molecule has 1 aromatic carbocycles. The molecule has 3 atom stereocenters. The van der Waals surface area contributed by atoms with Gasteiger partial charge in [-0.05, 0) is 25.2 Å². The number of amides is 2. The molecule has 0 saturated heterocycles. The molecule has 0 radical (unpaired) electrons. The van der Waals surface area contributed by atoms with Gasteiger partial charge in [0.1, 0.15) is 0 Å². The van der Waals surface area contributed by atoms with Crippen LogP contribution in [0.2, 0.25) is 0 Å². The Hall–Kier alpha value is -2.70. The molecule has 4 rings (SSSR count). The Labute approximate surface area is 183 Å². The van der Waals surface area contributed by atoms with Crippen LogP contribution in [0.3, 0.4) is 0 Å². The predicted molar refractivity (Wildman–Crippen MR) is 117 cm³/mol. The lowest BCUT2D eigenvalue weighted by atomic mass is 9.86. The van der Waals surface area contributed by atoms with E-state index in [1.165, 1.54) is 32.1 Å². The first-order valence-electron chi connectivity index (χ1n) is 11.5. The first-order valence-corrected chi connectivity index (χ1v) is 11.5. The van der Waals surface area contributed by atoms with Gasteiger partial charge in [-0.3, -0.25) is 9.59 Å². The van der Waals surface area contributed by atoms with E-state index in [1.807, 2.05) is 30.3 Å². The third-order valence-electron chi connectivity index (χ3n) is 6.82. The van der Waals surface area contributed by atoms with Crippen molar-refractivity contribution in [1.29, 1.82) is 0 Å². The maximum absolute atomic E-state index is 12.7. The zero-order chi connectivity index (χ0) is 21.6. The third-order valence-corrected chi connectivity index (χ3v) is 6.82. The number of carbonyl (C=O) groups excluding carboxylic acids is 2. The molecule has 0 unspecified atom stereocenters. The van der Waals surface area contributed by atoms with E-state index in [0.717, 1.165) is 12.0 Å². The Kier molecular flexibility index (Phi) is 6.99. The van der Waals surface area contributed by atoms with Crippen molar-refractivity contribution in [2.75, 3.05) is 7.05 Å². The van der Waals surface area contributed by atoms with Gasteiger partial charge in [0.05, 0.1) is 5.92 Å². The Morgan fingerprint density at radius 1 is 1.10 bits per heavy atom. The van der Waals surface area contributed by atoms with Gasteiger partial charge in [0.25, 0.3) is 0 Å². The predicted octanol–water partition coefficient (Wildman–Crippen LogP) is 3.82. The molecule has 166 valence electrons. The van der Waals surface area contributed by atoms with Gasteiger partial charge in [-0.1, -0.05) is 67.6 Å². The van der Waals surface area contributed by atoms with Crippen molar-refractivity contribution in [3.8, 4) is 11.4 Å². The SMILES string of the molecule is CNC(=O)[C@H]1C[C@H](NC(=O)CCC2CCCCC2)[C@H](c2nc(-c3ccccc3)no2)C1. The fourth-order valence-electron chi connectivity index (χ4n) is 5.07. The molecule has 2 saturated carbocycles. The van der Waals surface area contributed by atoms with Crippen LogP contribution in [0.1, 0.15) is 69.6 Å². The van der Waals surface area contributed by atoms with Crippen LogP contribution >= 0.6 is 0 Å². The molecule has 31 heavy (non-hydrogen) atoms. The van der Waals surface area contributed by atoms with E-state index in [4.69, 9.17) is 4.52 Å². The van der Waals surface area contributed by atoms with Crippen molar-refractivity contribution in [1.82, 2.24) is 20.8 Å². The molecule has 0 spiro atoms. The Morgan fingerprint density at radius 2 is 1.87 bits per heavy atom. The van der Waals surface area contributed by atoms with Gasteiger partial charge in [-0.15, -0.1) is 0 Å². The van der Waals surface area contributed by atoms with Crippen molar-refractivity contribution in [3.05, 3.63) is 36.2 Å². The molecule has 7 heteroatoms. The lowest BCUT2D eigenvalue weighted by Crippen LogP contribution is -2.37. The molecular weight excluding hydrogens is 392 g/mol. The maximum atomic E-state index is 12.7. The normalized spacial score (nSPS) is 24.1. The highest BCUT2D eigenvalue weighted by Crippen LogP contribution is 2.39. The molecular formula is C24H32N4O3. The summed E-state index contributed by atoms with van der Waals surface area (Å²) in [7, 11) is 1.65. The minimum atomic E-state index is -0.176. The highest BCUT2D eigenvalue weighted by atomic mass is 16.5. The second kappa shape index (κ2) is 10.1. The fraction of sp³-hybridized carbons (Fsp3) is 0.583. The maximum Gasteiger partial charge on any atom is 0.232 e. The van der Waals surface area contributed by atoms with Gasteiger partial charge in [-0.25, -0.2) is 0 Å². The number of carbonyl (C=O) groups is 2. The molecule has 2 aliphatic carbocycles. The minimum absolute atomic E-state index is 0.00764. The van der Waals surface area contributed by atoms with Gasteiger partial charge < -0.3 is 15.2 Å². The molecule has 2 N–H and O–H groups in total. The lowest BCUT2D eigenvalue weighted by molar-refractivity contribution is -0.125. The molecule has 0 bridgehead atoms. The van der Waals surface area contributed by atoms with Gasteiger partial charge >= 0.3 is 0 Å². The number of nitrogens with zero attached hydrogens (tertiary/aromatic N) is 2. The molecule has 2 fully saturated rings. The van der Waals surface area contributed by atoms with Gasteiger partial charge in [-0.2, -0.15) is 4.98 Å². The summed E-state index contributed by atoms with van der Waals surface area (Å²) in [5.74, 6) is 1.40. The number of aromatic nitrogens is 2. The summed E-state index contributed by atoms with van der Waals surface area (Å²) in [6, 6.07) is 9.48. The average Bonchev–Trinajstić information content (AvgIpc) is 3.46. The standard InChI is InChI=1S/C24H32N4O3/c1-25-23(30)18-14-19(24-27-22(28-31-24)17-10-6-3-7-11-17)20(15-18)26-21(29)13-12-16-8-4-2-5-9-16/h3,6-7,10-11,16,18-20H,2,4-5,8-9,12-15H2,1H3,(H,25,30)(H,26,29)/t18-,19-,20+/m1/s1. The third kappa shape index (κ3) is 5.32. The van der Waals surface area contributed by atoms with E-state index in [-0.39, 0.29) is 29.7 Å². The van der Waals surface area contributed by atoms with Crippen LogP contribution in [0.25, 0.3) is 11.4 Å². The second-order valence-electron chi connectivity index (χ2n) is 8.93. The minimum Gasteiger partial charge on any atom is -0.359 e. The first kappa shape index (κ1) is 21.5. The molecule has 1 heterocycles. The summed E-state index contributed by atoms with van der Waals surface area (Å²) < 4.78 is 5.59. The number of benzene rings is 1. The summed E-state index contributed by atoms with van der Waals surface area (Å²) in [6.45, 7) is 0. The lowest BCUT2D eigenvalue weighted by Gasteiger charge is -2.22. The van der Waals surface area contributed by atoms with Gasteiger partial charge in [0.15, 0.2) is 0 Å². The van der Waals surface area contributed by atoms with Crippen molar-refractivity contribution in [2.45, 2.75) is 69.7 Å². The highest BCUT2D eigenvalue weighted by Gasteiger charge is 2.42. The van der Waals surface area contributed by atoms with E-state index in [2.05, 4.69) is 20.8 Å². The van der Waals surface area contributed by atoms with E-state index >= 15 is 0 Å². The number of nitrogens with one attached hydrogen (secondary N) is 2. The van der Waals surface area contributed by atoms with E-state index < -0.39 is 0 Å². The quantitative estimate of drug-likeness (QED) is 0.704. The molecule has 2 aromatic rings. The number of hydrogen-bond donors (Lipinski definition) is 2. The topological polar surface area (TPSA) is 97.1 Å². The average molecular weight is 425 g/mol. The Morgan fingerprint density at radius 3 is 2.61 bits per heavy atom.